The lowest BCUT2D eigenvalue weighted by Gasteiger charge is -2.09. The van der Waals surface area contributed by atoms with Gasteiger partial charge in [0.25, 0.3) is 0 Å². The summed E-state index contributed by atoms with van der Waals surface area (Å²) in [7, 11) is -3.42. The number of hydrogen-bond donors (Lipinski definition) is 2. The van der Waals surface area contributed by atoms with E-state index in [4.69, 9.17) is 5.73 Å². The van der Waals surface area contributed by atoms with E-state index in [1.165, 1.54) is 0 Å². The molecule has 0 unspecified atom stereocenters. The first-order valence-electron chi connectivity index (χ1n) is 4.94. The van der Waals surface area contributed by atoms with Crippen molar-refractivity contribution in [2.24, 2.45) is 5.73 Å². The molecule has 0 spiro atoms. The Kier molecular flexibility index (Phi) is 4.91. The van der Waals surface area contributed by atoms with Gasteiger partial charge in [0.1, 0.15) is 0 Å². The topological polar surface area (TPSA) is 72.2 Å². The number of nitrogens with two attached hydrogens (primary N) is 1. The molecule has 3 N–H and O–H groups in total. The molecular weight excluding hydrogens is 292 g/mol. The van der Waals surface area contributed by atoms with Crippen LogP contribution >= 0.6 is 15.9 Å². The highest BCUT2D eigenvalue weighted by atomic mass is 79.9. The molecule has 1 rings (SSSR count). The molecule has 4 nitrogen and oxygen atoms in total. The Bertz CT molecular complexity index is 460. The number of benzene rings is 1. The van der Waals surface area contributed by atoms with Crippen LogP contribution in [0.4, 0.5) is 0 Å². The van der Waals surface area contributed by atoms with Crippen LogP contribution in [0.2, 0.25) is 0 Å². The molecule has 90 valence electrons. The van der Waals surface area contributed by atoms with E-state index in [2.05, 4.69) is 20.7 Å². The van der Waals surface area contributed by atoms with E-state index in [0.29, 0.717) is 30.0 Å². The molecule has 0 heterocycles. The van der Waals surface area contributed by atoms with Gasteiger partial charge in [-0.1, -0.05) is 22.0 Å². The normalized spacial score (nSPS) is 11.7. The molecule has 0 aliphatic carbocycles. The number of halogens is 1. The van der Waals surface area contributed by atoms with Crippen LogP contribution < -0.4 is 10.5 Å². The standard InChI is InChI=1S/C10H15BrN2O2S/c1-8-9(11)4-2-5-10(8)16(14,15)13-7-3-6-12/h2,4-5,13H,3,6-7,12H2,1H3. The minimum atomic E-state index is -3.42. The number of hydrogen-bond acceptors (Lipinski definition) is 3. The first kappa shape index (κ1) is 13.6. The summed E-state index contributed by atoms with van der Waals surface area (Å²) in [6.45, 7) is 2.60. The third-order valence-electron chi connectivity index (χ3n) is 2.18. The van der Waals surface area contributed by atoms with Crippen LogP contribution in [0.25, 0.3) is 0 Å². The summed E-state index contributed by atoms with van der Waals surface area (Å²) in [5.41, 5.74) is 6.02. The second kappa shape index (κ2) is 5.77. The van der Waals surface area contributed by atoms with Gasteiger partial charge in [-0.05, 0) is 37.6 Å². The molecule has 1 aromatic rings. The Morgan fingerprint density at radius 1 is 1.44 bits per heavy atom. The Hall–Kier alpha value is -0.430. The summed E-state index contributed by atoms with van der Waals surface area (Å²) < 4.78 is 27.1. The fourth-order valence-corrected chi connectivity index (χ4v) is 3.10. The Morgan fingerprint density at radius 3 is 2.75 bits per heavy atom. The molecule has 0 fully saturated rings. The predicted molar refractivity (Wildman–Crippen MR) is 67.7 cm³/mol. The van der Waals surface area contributed by atoms with Gasteiger partial charge in [0.05, 0.1) is 4.90 Å². The lowest BCUT2D eigenvalue weighted by molar-refractivity contribution is 0.579. The summed E-state index contributed by atoms with van der Waals surface area (Å²) in [4.78, 5) is 0.305. The third kappa shape index (κ3) is 3.28. The van der Waals surface area contributed by atoms with Crippen LogP contribution in [0.5, 0.6) is 0 Å². The van der Waals surface area contributed by atoms with E-state index in [1.54, 1.807) is 19.1 Å². The first-order chi connectivity index (χ1) is 7.49. The van der Waals surface area contributed by atoms with Gasteiger partial charge < -0.3 is 5.73 Å². The quantitative estimate of drug-likeness (QED) is 0.807. The lowest BCUT2D eigenvalue weighted by Crippen LogP contribution is -2.26. The van der Waals surface area contributed by atoms with Crippen molar-refractivity contribution in [2.45, 2.75) is 18.2 Å². The molecule has 0 radical (unpaired) electrons. The Balaban J connectivity index is 2.94. The van der Waals surface area contributed by atoms with Crippen molar-refractivity contribution in [1.29, 1.82) is 0 Å². The van der Waals surface area contributed by atoms with Gasteiger partial charge in [-0.2, -0.15) is 0 Å². The largest absolute Gasteiger partial charge is 0.330 e. The fourth-order valence-electron chi connectivity index (χ4n) is 1.27. The maximum absolute atomic E-state index is 11.9. The molecule has 0 aliphatic rings. The van der Waals surface area contributed by atoms with Gasteiger partial charge in [-0.25, -0.2) is 13.1 Å². The Labute approximate surface area is 104 Å². The van der Waals surface area contributed by atoms with Gasteiger partial charge in [-0.15, -0.1) is 0 Å². The average Bonchev–Trinajstić information content (AvgIpc) is 2.22. The van der Waals surface area contributed by atoms with Crippen molar-refractivity contribution < 1.29 is 8.42 Å². The third-order valence-corrected chi connectivity index (χ3v) is 4.65. The molecule has 0 bridgehead atoms. The minimum absolute atomic E-state index is 0.305. The molecule has 6 heteroatoms. The zero-order valence-corrected chi connectivity index (χ0v) is 11.4. The van der Waals surface area contributed by atoms with Crippen molar-refractivity contribution >= 4 is 26.0 Å². The number of nitrogens with one attached hydrogen (secondary N) is 1. The smallest absolute Gasteiger partial charge is 0.240 e. The van der Waals surface area contributed by atoms with Gasteiger partial charge in [-0.3, -0.25) is 0 Å². The molecule has 0 saturated heterocycles. The summed E-state index contributed by atoms with van der Waals surface area (Å²) in [5, 5.41) is 0. The highest BCUT2D eigenvalue weighted by Gasteiger charge is 2.16. The summed E-state index contributed by atoms with van der Waals surface area (Å²) >= 11 is 3.31. The van der Waals surface area contributed by atoms with Crippen molar-refractivity contribution in [3.63, 3.8) is 0 Å². The van der Waals surface area contributed by atoms with Crippen LogP contribution in [0, 0.1) is 6.92 Å². The van der Waals surface area contributed by atoms with E-state index in [-0.39, 0.29) is 0 Å². The molecule has 0 aromatic heterocycles. The summed E-state index contributed by atoms with van der Waals surface area (Å²) in [6, 6.07) is 5.10. The van der Waals surface area contributed by atoms with Gasteiger partial charge in [0.15, 0.2) is 0 Å². The second-order valence-corrected chi connectivity index (χ2v) is 5.99. The van der Waals surface area contributed by atoms with Gasteiger partial charge in [0.2, 0.25) is 10.0 Å². The van der Waals surface area contributed by atoms with Crippen LogP contribution in [-0.2, 0) is 10.0 Å². The highest BCUT2D eigenvalue weighted by molar-refractivity contribution is 9.10. The van der Waals surface area contributed by atoms with Gasteiger partial charge in [0, 0.05) is 11.0 Å². The van der Waals surface area contributed by atoms with Crippen LogP contribution in [-0.4, -0.2) is 21.5 Å². The summed E-state index contributed by atoms with van der Waals surface area (Å²) in [5.74, 6) is 0. The lowest BCUT2D eigenvalue weighted by atomic mass is 10.2. The summed E-state index contributed by atoms with van der Waals surface area (Å²) in [6.07, 6.45) is 0.631. The van der Waals surface area contributed by atoms with Crippen LogP contribution in [0.3, 0.4) is 0 Å². The monoisotopic (exact) mass is 306 g/mol. The Morgan fingerprint density at radius 2 is 2.12 bits per heavy atom. The molecule has 1 aromatic carbocycles. The van der Waals surface area contributed by atoms with E-state index >= 15 is 0 Å². The van der Waals surface area contributed by atoms with Crippen LogP contribution in [0.15, 0.2) is 27.6 Å². The molecule has 16 heavy (non-hydrogen) atoms. The zero-order chi connectivity index (χ0) is 12.2. The SMILES string of the molecule is Cc1c(Br)cccc1S(=O)(=O)NCCCN. The number of rotatable bonds is 5. The van der Waals surface area contributed by atoms with E-state index in [1.807, 2.05) is 6.07 Å². The van der Waals surface area contributed by atoms with Crippen molar-refractivity contribution in [2.75, 3.05) is 13.1 Å². The molecule has 0 aliphatic heterocycles. The van der Waals surface area contributed by atoms with E-state index in [0.717, 1.165) is 4.47 Å². The molecule has 0 atom stereocenters. The molecule has 0 saturated carbocycles. The second-order valence-electron chi connectivity index (χ2n) is 3.40. The van der Waals surface area contributed by atoms with Gasteiger partial charge >= 0.3 is 0 Å². The first-order valence-corrected chi connectivity index (χ1v) is 7.21. The maximum Gasteiger partial charge on any atom is 0.240 e. The predicted octanol–water partition coefficient (Wildman–Crippen LogP) is 1.38. The van der Waals surface area contributed by atoms with Crippen molar-refractivity contribution in [3.05, 3.63) is 28.2 Å². The van der Waals surface area contributed by atoms with E-state index in [9.17, 15) is 8.42 Å². The molecule has 0 amide bonds. The highest BCUT2D eigenvalue weighted by Crippen LogP contribution is 2.22. The fraction of sp³-hybridized carbons (Fsp3) is 0.400. The molecular formula is C10H15BrN2O2S. The van der Waals surface area contributed by atoms with Crippen molar-refractivity contribution in [1.82, 2.24) is 4.72 Å². The van der Waals surface area contributed by atoms with Crippen molar-refractivity contribution in [3.8, 4) is 0 Å². The zero-order valence-electron chi connectivity index (χ0n) is 9.03. The minimum Gasteiger partial charge on any atom is -0.330 e. The number of sulfonamides is 1. The van der Waals surface area contributed by atoms with E-state index < -0.39 is 10.0 Å². The van der Waals surface area contributed by atoms with Crippen LogP contribution in [0.1, 0.15) is 12.0 Å². The average molecular weight is 307 g/mol. The maximum atomic E-state index is 11.9.